The fourth-order valence-corrected chi connectivity index (χ4v) is 3.29. The SMILES string of the molecule is Cc1nc2cc(=O)[nH]n2c(C)c1CC(=O)OCC(=O)NC1CCCC1. The molecule has 0 spiro atoms. The first-order chi connectivity index (χ1) is 11.9. The van der Waals surface area contributed by atoms with Gasteiger partial charge in [-0.05, 0) is 26.7 Å². The Morgan fingerprint density at radius 3 is 2.80 bits per heavy atom. The molecule has 2 heterocycles. The van der Waals surface area contributed by atoms with Crippen LogP contribution in [0.15, 0.2) is 10.9 Å². The van der Waals surface area contributed by atoms with E-state index in [1.165, 1.54) is 6.07 Å². The van der Waals surface area contributed by atoms with Crippen LogP contribution in [0.2, 0.25) is 0 Å². The molecule has 0 unspecified atom stereocenters. The minimum Gasteiger partial charge on any atom is -0.455 e. The third-order valence-electron chi connectivity index (χ3n) is 4.61. The standard InChI is InChI=1S/C17H22N4O4/c1-10-13(11(2)21-14(18-10)8-15(22)20-21)7-17(24)25-9-16(23)19-12-5-3-4-6-12/h8,12H,3-7,9H2,1-2H3,(H,19,23)(H,20,22). The molecule has 0 atom stereocenters. The highest BCUT2D eigenvalue weighted by Crippen LogP contribution is 2.17. The van der Waals surface area contributed by atoms with Crippen molar-refractivity contribution in [1.29, 1.82) is 0 Å². The van der Waals surface area contributed by atoms with Crippen LogP contribution in [0.3, 0.4) is 0 Å². The number of rotatable bonds is 5. The molecule has 1 fully saturated rings. The highest BCUT2D eigenvalue weighted by molar-refractivity contribution is 5.81. The lowest BCUT2D eigenvalue weighted by Gasteiger charge is -2.13. The number of nitrogens with zero attached hydrogens (tertiary/aromatic N) is 2. The van der Waals surface area contributed by atoms with Gasteiger partial charge in [-0.1, -0.05) is 12.8 Å². The zero-order valence-electron chi connectivity index (χ0n) is 14.4. The zero-order chi connectivity index (χ0) is 18.0. The molecule has 3 rings (SSSR count). The number of H-pyrrole nitrogens is 1. The summed E-state index contributed by atoms with van der Waals surface area (Å²) in [6.45, 7) is 3.30. The first-order valence-corrected chi connectivity index (χ1v) is 8.47. The monoisotopic (exact) mass is 346 g/mol. The third-order valence-corrected chi connectivity index (χ3v) is 4.61. The summed E-state index contributed by atoms with van der Waals surface area (Å²) in [5.41, 5.74) is 2.31. The van der Waals surface area contributed by atoms with Gasteiger partial charge in [-0.15, -0.1) is 0 Å². The first-order valence-electron chi connectivity index (χ1n) is 8.47. The van der Waals surface area contributed by atoms with E-state index in [9.17, 15) is 14.4 Å². The molecule has 8 nitrogen and oxygen atoms in total. The summed E-state index contributed by atoms with van der Waals surface area (Å²) in [4.78, 5) is 39.7. The average molecular weight is 346 g/mol. The second-order valence-corrected chi connectivity index (χ2v) is 6.46. The molecule has 1 aliphatic rings. The van der Waals surface area contributed by atoms with Crippen molar-refractivity contribution < 1.29 is 14.3 Å². The molecular formula is C17H22N4O4. The van der Waals surface area contributed by atoms with Gasteiger partial charge in [0.15, 0.2) is 12.3 Å². The normalized spacial score (nSPS) is 14.8. The van der Waals surface area contributed by atoms with Gasteiger partial charge in [0, 0.05) is 29.1 Å². The average Bonchev–Trinajstić information content (AvgIpc) is 3.18. The molecule has 8 heteroatoms. The number of carbonyl (C=O) groups excluding carboxylic acids is 2. The van der Waals surface area contributed by atoms with E-state index in [1.54, 1.807) is 18.4 Å². The van der Waals surface area contributed by atoms with Crippen molar-refractivity contribution in [2.45, 2.75) is 52.0 Å². The summed E-state index contributed by atoms with van der Waals surface area (Å²) in [6, 6.07) is 1.60. The highest BCUT2D eigenvalue weighted by Gasteiger charge is 2.19. The van der Waals surface area contributed by atoms with Gasteiger partial charge in [-0.25, -0.2) is 9.50 Å². The van der Waals surface area contributed by atoms with E-state index in [4.69, 9.17) is 4.74 Å². The Kier molecular flexibility index (Phi) is 4.87. The predicted molar refractivity (Wildman–Crippen MR) is 90.3 cm³/mol. The lowest BCUT2D eigenvalue weighted by atomic mass is 10.1. The Hall–Kier alpha value is -2.64. The summed E-state index contributed by atoms with van der Waals surface area (Å²) in [5.74, 6) is -0.763. The van der Waals surface area contributed by atoms with Crippen LogP contribution in [-0.4, -0.2) is 39.1 Å². The van der Waals surface area contributed by atoms with Crippen molar-refractivity contribution in [3.8, 4) is 0 Å². The Labute approximate surface area is 144 Å². The topological polar surface area (TPSA) is 106 Å². The van der Waals surface area contributed by atoms with Crippen LogP contribution in [0.1, 0.15) is 42.6 Å². The summed E-state index contributed by atoms with van der Waals surface area (Å²) >= 11 is 0. The molecule has 0 aliphatic heterocycles. The highest BCUT2D eigenvalue weighted by atomic mass is 16.5. The molecule has 1 saturated carbocycles. The number of ether oxygens (including phenoxy) is 1. The number of carbonyl (C=O) groups is 2. The molecule has 1 amide bonds. The molecule has 25 heavy (non-hydrogen) atoms. The maximum atomic E-state index is 12.1. The van der Waals surface area contributed by atoms with Gasteiger partial charge < -0.3 is 10.1 Å². The van der Waals surface area contributed by atoms with E-state index < -0.39 is 5.97 Å². The van der Waals surface area contributed by atoms with Crippen molar-refractivity contribution >= 4 is 17.5 Å². The molecule has 2 aromatic heterocycles. The minimum atomic E-state index is -0.497. The molecule has 1 aliphatic carbocycles. The summed E-state index contributed by atoms with van der Waals surface area (Å²) < 4.78 is 6.63. The molecule has 134 valence electrons. The molecule has 0 aromatic carbocycles. The minimum absolute atomic E-state index is 0.00245. The van der Waals surface area contributed by atoms with E-state index in [0.717, 1.165) is 31.4 Å². The Balaban J connectivity index is 1.61. The van der Waals surface area contributed by atoms with Crippen LogP contribution in [-0.2, 0) is 20.7 Å². The van der Waals surface area contributed by atoms with Crippen LogP contribution in [0.5, 0.6) is 0 Å². The number of nitrogens with one attached hydrogen (secondary N) is 2. The molecule has 0 radical (unpaired) electrons. The fraction of sp³-hybridized carbons (Fsp3) is 0.529. The molecule has 2 N–H and O–H groups in total. The van der Waals surface area contributed by atoms with Crippen LogP contribution in [0.25, 0.3) is 5.65 Å². The van der Waals surface area contributed by atoms with Crippen molar-refractivity contribution in [1.82, 2.24) is 19.9 Å². The molecular weight excluding hydrogens is 324 g/mol. The number of aromatic nitrogens is 3. The summed E-state index contributed by atoms with van der Waals surface area (Å²) in [5, 5.41) is 5.52. The van der Waals surface area contributed by atoms with Gasteiger partial charge in [-0.2, -0.15) is 0 Å². The van der Waals surface area contributed by atoms with Gasteiger partial charge in [0.05, 0.1) is 6.42 Å². The number of hydrogen-bond donors (Lipinski definition) is 2. The van der Waals surface area contributed by atoms with Gasteiger partial charge >= 0.3 is 5.97 Å². The van der Waals surface area contributed by atoms with Crippen LogP contribution in [0, 0.1) is 13.8 Å². The lowest BCUT2D eigenvalue weighted by molar-refractivity contribution is -0.148. The summed E-state index contributed by atoms with van der Waals surface area (Å²) in [7, 11) is 0. The Morgan fingerprint density at radius 2 is 2.08 bits per heavy atom. The fourth-order valence-electron chi connectivity index (χ4n) is 3.29. The van der Waals surface area contributed by atoms with Crippen molar-refractivity contribution in [2.24, 2.45) is 0 Å². The number of fused-ring (bicyclic) bond motifs is 1. The van der Waals surface area contributed by atoms with Crippen LogP contribution >= 0.6 is 0 Å². The van der Waals surface area contributed by atoms with E-state index >= 15 is 0 Å². The Morgan fingerprint density at radius 1 is 1.36 bits per heavy atom. The second kappa shape index (κ2) is 7.08. The van der Waals surface area contributed by atoms with E-state index in [2.05, 4.69) is 15.4 Å². The number of esters is 1. The van der Waals surface area contributed by atoms with Crippen LogP contribution in [0.4, 0.5) is 0 Å². The molecule has 2 aromatic rings. The smallest absolute Gasteiger partial charge is 0.310 e. The van der Waals surface area contributed by atoms with Gasteiger partial charge in [0.2, 0.25) is 0 Å². The van der Waals surface area contributed by atoms with E-state index in [1.807, 2.05) is 0 Å². The number of aryl methyl sites for hydroxylation is 2. The van der Waals surface area contributed by atoms with Gasteiger partial charge in [-0.3, -0.25) is 19.5 Å². The van der Waals surface area contributed by atoms with Crippen molar-refractivity contribution in [3.63, 3.8) is 0 Å². The Bertz CT molecular complexity index is 861. The zero-order valence-corrected chi connectivity index (χ0v) is 14.4. The predicted octanol–water partition coefficient (Wildman–Crippen LogP) is 0.784. The number of aromatic amines is 1. The van der Waals surface area contributed by atoms with Crippen LogP contribution < -0.4 is 10.9 Å². The maximum Gasteiger partial charge on any atom is 0.310 e. The number of hydrogen-bond acceptors (Lipinski definition) is 5. The third kappa shape index (κ3) is 3.89. The quantitative estimate of drug-likeness (QED) is 0.779. The van der Waals surface area contributed by atoms with Gasteiger partial charge in [0.1, 0.15) is 0 Å². The lowest BCUT2D eigenvalue weighted by Crippen LogP contribution is -2.36. The van der Waals surface area contributed by atoms with Crippen molar-refractivity contribution in [2.75, 3.05) is 6.61 Å². The number of amides is 1. The van der Waals surface area contributed by atoms with Gasteiger partial charge in [0.25, 0.3) is 11.5 Å². The molecule has 0 saturated heterocycles. The maximum absolute atomic E-state index is 12.1. The second-order valence-electron chi connectivity index (χ2n) is 6.46. The first kappa shape index (κ1) is 17.2. The van der Waals surface area contributed by atoms with E-state index in [-0.39, 0.29) is 30.5 Å². The van der Waals surface area contributed by atoms with Crippen molar-refractivity contribution in [3.05, 3.63) is 33.4 Å². The largest absolute Gasteiger partial charge is 0.455 e. The summed E-state index contributed by atoms with van der Waals surface area (Å²) in [6.07, 6.45) is 4.22. The molecule has 0 bridgehead atoms. The van der Waals surface area contributed by atoms with E-state index in [0.29, 0.717) is 16.9 Å².